The van der Waals surface area contributed by atoms with Crippen LogP contribution in [0.5, 0.6) is 5.75 Å². The number of aryl methyl sites for hydroxylation is 1. The van der Waals surface area contributed by atoms with E-state index in [0.717, 1.165) is 11.3 Å². The van der Waals surface area contributed by atoms with Gasteiger partial charge in [-0.25, -0.2) is 0 Å². The number of halogens is 1. The zero-order chi connectivity index (χ0) is 19.4. The summed E-state index contributed by atoms with van der Waals surface area (Å²) in [5.41, 5.74) is 1.87. The minimum Gasteiger partial charge on any atom is -0.496 e. The molecule has 0 bridgehead atoms. The molecule has 1 amide bonds. The van der Waals surface area contributed by atoms with Crippen molar-refractivity contribution in [2.45, 2.75) is 19.4 Å². The van der Waals surface area contributed by atoms with E-state index >= 15 is 0 Å². The fourth-order valence-corrected chi connectivity index (χ4v) is 3.50. The van der Waals surface area contributed by atoms with Gasteiger partial charge in [-0.2, -0.15) is 0 Å². The van der Waals surface area contributed by atoms with Gasteiger partial charge in [0.15, 0.2) is 0 Å². The van der Waals surface area contributed by atoms with Crippen LogP contribution in [-0.4, -0.2) is 42.5 Å². The van der Waals surface area contributed by atoms with E-state index in [0.29, 0.717) is 37.2 Å². The molecule has 2 aromatic rings. The predicted octanol–water partition coefficient (Wildman–Crippen LogP) is 3.37. The van der Waals surface area contributed by atoms with Crippen molar-refractivity contribution >= 4 is 24.0 Å². The SMILES string of the molecule is CCc1ccc(C(=O)N2CCNCC2c2ccccc2OC)cc1[N+](=O)[O-].Cl. The van der Waals surface area contributed by atoms with Crippen molar-refractivity contribution in [3.63, 3.8) is 0 Å². The van der Waals surface area contributed by atoms with Gasteiger partial charge in [0.25, 0.3) is 11.6 Å². The molecule has 0 aromatic heterocycles. The van der Waals surface area contributed by atoms with Gasteiger partial charge in [-0.05, 0) is 18.6 Å². The van der Waals surface area contributed by atoms with Crippen molar-refractivity contribution in [2.75, 3.05) is 26.7 Å². The third-order valence-corrected chi connectivity index (χ3v) is 4.91. The number of hydrogen-bond acceptors (Lipinski definition) is 5. The number of nitrogens with zero attached hydrogens (tertiary/aromatic N) is 2. The average Bonchev–Trinajstić information content (AvgIpc) is 2.72. The molecule has 0 radical (unpaired) electrons. The quantitative estimate of drug-likeness (QED) is 0.609. The van der Waals surface area contributed by atoms with E-state index in [4.69, 9.17) is 4.74 Å². The molecule has 1 N–H and O–H groups in total. The number of hydrogen-bond donors (Lipinski definition) is 1. The summed E-state index contributed by atoms with van der Waals surface area (Å²) in [6.45, 7) is 3.65. The van der Waals surface area contributed by atoms with Crippen molar-refractivity contribution in [3.8, 4) is 5.75 Å². The molecule has 1 aliphatic heterocycles. The average molecular weight is 406 g/mol. The summed E-state index contributed by atoms with van der Waals surface area (Å²) in [4.78, 5) is 25.9. The van der Waals surface area contributed by atoms with Crippen LogP contribution in [0.2, 0.25) is 0 Å². The second-order valence-electron chi connectivity index (χ2n) is 6.41. The summed E-state index contributed by atoms with van der Waals surface area (Å²) in [5, 5.41) is 14.7. The summed E-state index contributed by atoms with van der Waals surface area (Å²) >= 11 is 0. The second-order valence-corrected chi connectivity index (χ2v) is 6.41. The molecule has 2 aromatic carbocycles. The standard InChI is InChI=1S/C20H23N3O4.ClH/c1-3-14-8-9-15(12-17(14)23(25)26)20(24)22-11-10-21-13-18(22)16-6-4-5-7-19(16)27-2;/h4-9,12,18,21H,3,10-11,13H2,1-2H3;1H. The highest BCUT2D eigenvalue weighted by molar-refractivity contribution is 5.95. The fraction of sp³-hybridized carbons (Fsp3) is 0.350. The molecule has 1 unspecified atom stereocenters. The molecule has 7 nitrogen and oxygen atoms in total. The van der Waals surface area contributed by atoms with Gasteiger partial charge in [0.1, 0.15) is 5.75 Å². The Morgan fingerprint density at radius 3 is 2.75 bits per heavy atom. The van der Waals surface area contributed by atoms with Crippen LogP contribution in [0.15, 0.2) is 42.5 Å². The third kappa shape index (κ3) is 4.26. The van der Waals surface area contributed by atoms with Gasteiger partial charge in [-0.3, -0.25) is 14.9 Å². The van der Waals surface area contributed by atoms with Gasteiger partial charge in [-0.15, -0.1) is 12.4 Å². The predicted molar refractivity (Wildman–Crippen MR) is 109 cm³/mol. The number of rotatable bonds is 5. The Hall–Kier alpha value is -2.64. The van der Waals surface area contributed by atoms with Crippen molar-refractivity contribution in [3.05, 3.63) is 69.3 Å². The van der Waals surface area contributed by atoms with E-state index in [1.54, 1.807) is 24.1 Å². The number of benzene rings is 2. The number of methoxy groups -OCH3 is 1. The van der Waals surface area contributed by atoms with E-state index in [1.807, 2.05) is 31.2 Å². The third-order valence-electron chi connectivity index (χ3n) is 4.91. The van der Waals surface area contributed by atoms with Crippen LogP contribution < -0.4 is 10.1 Å². The first-order valence-corrected chi connectivity index (χ1v) is 8.98. The topological polar surface area (TPSA) is 84.7 Å². The second kappa shape index (κ2) is 9.52. The maximum atomic E-state index is 13.2. The number of nitro benzene ring substituents is 1. The number of para-hydroxylation sites is 1. The van der Waals surface area contributed by atoms with Gasteiger partial charge in [-0.1, -0.05) is 31.2 Å². The number of nitro groups is 1. The fourth-order valence-electron chi connectivity index (χ4n) is 3.50. The Bertz CT molecular complexity index is 859. The first kappa shape index (κ1) is 21.7. The van der Waals surface area contributed by atoms with Crippen molar-refractivity contribution < 1.29 is 14.5 Å². The Morgan fingerprint density at radius 1 is 1.32 bits per heavy atom. The van der Waals surface area contributed by atoms with E-state index in [9.17, 15) is 14.9 Å². The minimum atomic E-state index is -0.426. The maximum absolute atomic E-state index is 13.2. The van der Waals surface area contributed by atoms with Gasteiger partial charge in [0.2, 0.25) is 0 Å². The number of carbonyl (C=O) groups is 1. The first-order chi connectivity index (χ1) is 13.1. The van der Waals surface area contributed by atoms with Gasteiger partial charge < -0.3 is 15.0 Å². The summed E-state index contributed by atoms with van der Waals surface area (Å²) in [6, 6.07) is 12.1. The number of nitrogens with one attached hydrogen (secondary N) is 1. The lowest BCUT2D eigenvalue weighted by atomic mass is 10.00. The van der Waals surface area contributed by atoms with Crippen LogP contribution in [0.1, 0.15) is 34.5 Å². The zero-order valence-electron chi connectivity index (χ0n) is 15.9. The molecule has 1 atom stereocenters. The van der Waals surface area contributed by atoms with Crippen LogP contribution in [0.4, 0.5) is 5.69 Å². The first-order valence-electron chi connectivity index (χ1n) is 8.98. The molecule has 0 saturated carbocycles. The van der Waals surface area contributed by atoms with E-state index < -0.39 is 4.92 Å². The van der Waals surface area contributed by atoms with Gasteiger partial charge in [0.05, 0.1) is 18.1 Å². The lowest BCUT2D eigenvalue weighted by Crippen LogP contribution is -2.48. The molecule has 8 heteroatoms. The molecule has 3 rings (SSSR count). The molecular formula is C20H24ClN3O4. The molecule has 1 saturated heterocycles. The van der Waals surface area contributed by atoms with Crippen LogP contribution in [0, 0.1) is 10.1 Å². The van der Waals surface area contributed by atoms with E-state index in [1.165, 1.54) is 6.07 Å². The van der Waals surface area contributed by atoms with Crippen molar-refractivity contribution in [1.82, 2.24) is 10.2 Å². The molecule has 28 heavy (non-hydrogen) atoms. The molecular weight excluding hydrogens is 382 g/mol. The lowest BCUT2D eigenvalue weighted by molar-refractivity contribution is -0.385. The number of piperazine rings is 1. The molecule has 150 valence electrons. The lowest BCUT2D eigenvalue weighted by Gasteiger charge is -2.37. The molecule has 0 spiro atoms. The van der Waals surface area contributed by atoms with Crippen LogP contribution in [0.3, 0.4) is 0 Å². The monoisotopic (exact) mass is 405 g/mol. The van der Waals surface area contributed by atoms with Gasteiger partial charge >= 0.3 is 0 Å². The summed E-state index contributed by atoms with van der Waals surface area (Å²) < 4.78 is 5.46. The largest absolute Gasteiger partial charge is 0.496 e. The Kier molecular flexibility index (Phi) is 7.37. The molecule has 1 aliphatic rings. The number of ether oxygens (including phenoxy) is 1. The smallest absolute Gasteiger partial charge is 0.273 e. The highest BCUT2D eigenvalue weighted by Crippen LogP contribution is 2.32. The molecule has 1 heterocycles. The summed E-state index contributed by atoms with van der Waals surface area (Å²) in [5.74, 6) is 0.509. The minimum absolute atomic E-state index is 0. The van der Waals surface area contributed by atoms with E-state index in [2.05, 4.69) is 5.32 Å². The van der Waals surface area contributed by atoms with Gasteiger partial charge in [0, 0.05) is 42.4 Å². The maximum Gasteiger partial charge on any atom is 0.273 e. The van der Waals surface area contributed by atoms with Crippen LogP contribution in [-0.2, 0) is 6.42 Å². The summed E-state index contributed by atoms with van der Waals surface area (Å²) in [6.07, 6.45) is 0.544. The number of amides is 1. The molecule has 1 fully saturated rings. The normalized spacial score (nSPS) is 16.2. The van der Waals surface area contributed by atoms with Crippen LogP contribution >= 0.6 is 12.4 Å². The highest BCUT2D eigenvalue weighted by atomic mass is 35.5. The Morgan fingerprint density at radius 2 is 2.07 bits per heavy atom. The summed E-state index contributed by atoms with van der Waals surface area (Å²) in [7, 11) is 1.61. The zero-order valence-corrected chi connectivity index (χ0v) is 16.7. The van der Waals surface area contributed by atoms with Crippen LogP contribution in [0.25, 0.3) is 0 Å². The number of carbonyl (C=O) groups excluding carboxylic acids is 1. The van der Waals surface area contributed by atoms with E-state index in [-0.39, 0.29) is 30.0 Å². The van der Waals surface area contributed by atoms with Crippen molar-refractivity contribution in [2.24, 2.45) is 0 Å². The Balaban J connectivity index is 0.00000280. The Labute approximate surface area is 170 Å². The highest BCUT2D eigenvalue weighted by Gasteiger charge is 2.31. The van der Waals surface area contributed by atoms with Crippen molar-refractivity contribution in [1.29, 1.82) is 0 Å². The molecule has 0 aliphatic carbocycles.